The second-order valence-corrected chi connectivity index (χ2v) is 5.22. The number of rotatable bonds is 8. The van der Waals surface area contributed by atoms with Gasteiger partial charge in [0.05, 0.1) is 6.10 Å². The van der Waals surface area contributed by atoms with Gasteiger partial charge in [0.1, 0.15) is 5.02 Å². The van der Waals surface area contributed by atoms with Gasteiger partial charge in [-0.25, -0.2) is 4.98 Å². The number of unbranched alkanes of at least 4 members (excludes halogenated alkanes) is 3. The van der Waals surface area contributed by atoms with Crippen molar-refractivity contribution < 1.29 is 4.74 Å². The first-order chi connectivity index (χ1) is 8.67. The van der Waals surface area contributed by atoms with Crippen molar-refractivity contribution in [2.24, 2.45) is 0 Å². The summed E-state index contributed by atoms with van der Waals surface area (Å²) in [6.45, 7) is 4.27. The van der Waals surface area contributed by atoms with Crippen LogP contribution in [0.15, 0.2) is 12.3 Å². The molecule has 0 saturated heterocycles. The highest BCUT2D eigenvalue weighted by atomic mass is 35.5. The van der Waals surface area contributed by atoms with Gasteiger partial charge in [-0.3, -0.25) is 0 Å². The van der Waals surface area contributed by atoms with Gasteiger partial charge in [-0.05, 0) is 31.4 Å². The van der Waals surface area contributed by atoms with E-state index in [0.29, 0.717) is 16.8 Å². The third-order valence-electron chi connectivity index (χ3n) is 2.80. The highest BCUT2D eigenvalue weighted by Gasteiger charge is 2.09. The molecule has 4 heteroatoms. The minimum atomic E-state index is 0.147. The highest BCUT2D eigenvalue weighted by molar-refractivity contribution is 6.32. The van der Waals surface area contributed by atoms with Crippen LogP contribution in [-0.2, 0) is 5.88 Å². The monoisotopic (exact) mass is 289 g/mol. The van der Waals surface area contributed by atoms with Crippen LogP contribution in [-0.4, -0.2) is 11.1 Å². The van der Waals surface area contributed by atoms with Crippen LogP contribution in [0.4, 0.5) is 0 Å². The molecular weight excluding hydrogens is 269 g/mol. The lowest BCUT2D eigenvalue weighted by atomic mass is 10.1. The van der Waals surface area contributed by atoms with Crippen molar-refractivity contribution in [2.45, 2.75) is 57.9 Å². The number of ether oxygens (including phenoxy) is 1. The van der Waals surface area contributed by atoms with Crippen LogP contribution in [0, 0.1) is 0 Å². The van der Waals surface area contributed by atoms with E-state index in [9.17, 15) is 0 Å². The molecule has 0 bridgehead atoms. The first-order valence-corrected chi connectivity index (χ1v) is 7.45. The highest BCUT2D eigenvalue weighted by Crippen LogP contribution is 2.24. The molecule has 1 aromatic rings. The first-order valence-electron chi connectivity index (χ1n) is 6.54. The Hall–Kier alpha value is -0.470. The van der Waals surface area contributed by atoms with Gasteiger partial charge in [0, 0.05) is 12.1 Å². The summed E-state index contributed by atoms with van der Waals surface area (Å²) in [6.07, 6.45) is 7.88. The number of hydrogen-bond acceptors (Lipinski definition) is 2. The van der Waals surface area contributed by atoms with E-state index < -0.39 is 0 Å². The van der Waals surface area contributed by atoms with Crippen molar-refractivity contribution in [3.8, 4) is 5.88 Å². The van der Waals surface area contributed by atoms with Crippen LogP contribution in [0.5, 0.6) is 5.88 Å². The summed E-state index contributed by atoms with van der Waals surface area (Å²) in [4.78, 5) is 4.19. The van der Waals surface area contributed by atoms with E-state index in [-0.39, 0.29) is 6.10 Å². The summed E-state index contributed by atoms with van der Waals surface area (Å²) < 4.78 is 5.74. The lowest BCUT2D eigenvalue weighted by Crippen LogP contribution is -2.12. The van der Waals surface area contributed by atoms with E-state index in [0.717, 1.165) is 12.0 Å². The quantitative estimate of drug-likeness (QED) is 0.484. The van der Waals surface area contributed by atoms with Crippen LogP contribution >= 0.6 is 23.2 Å². The van der Waals surface area contributed by atoms with E-state index >= 15 is 0 Å². The fourth-order valence-electron chi connectivity index (χ4n) is 1.73. The summed E-state index contributed by atoms with van der Waals surface area (Å²) in [7, 11) is 0. The number of alkyl halides is 1. The molecule has 1 heterocycles. The van der Waals surface area contributed by atoms with Gasteiger partial charge in [0.2, 0.25) is 5.88 Å². The second-order valence-electron chi connectivity index (χ2n) is 4.54. The lowest BCUT2D eigenvalue weighted by molar-refractivity contribution is 0.198. The normalized spacial score (nSPS) is 12.4. The van der Waals surface area contributed by atoms with Crippen LogP contribution in [0.2, 0.25) is 5.02 Å². The van der Waals surface area contributed by atoms with Gasteiger partial charge in [-0.15, -0.1) is 11.6 Å². The summed E-state index contributed by atoms with van der Waals surface area (Å²) in [5.74, 6) is 0.924. The number of pyridine rings is 1. The minimum Gasteiger partial charge on any atom is -0.474 e. The Morgan fingerprint density at radius 1 is 1.33 bits per heavy atom. The largest absolute Gasteiger partial charge is 0.474 e. The Bertz CT molecular complexity index is 358. The predicted octanol–water partition coefficient (Wildman–Crippen LogP) is 5.21. The van der Waals surface area contributed by atoms with E-state index in [4.69, 9.17) is 27.9 Å². The molecule has 0 spiro atoms. The molecule has 2 nitrogen and oxygen atoms in total. The average molecular weight is 290 g/mol. The maximum absolute atomic E-state index is 6.09. The molecule has 1 unspecified atom stereocenters. The van der Waals surface area contributed by atoms with Crippen molar-refractivity contribution in [2.75, 3.05) is 0 Å². The maximum Gasteiger partial charge on any atom is 0.232 e. The van der Waals surface area contributed by atoms with Crippen LogP contribution in [0.3, 0.4) is 0 Å². The Morgan fingerprint density at radius 3 is 2.72 bits per heavy atom. The van der Waals surface area contributed by atoms with Crippen LogP contribution in [0.25, 0.3) is 0 Å². The topological polar surface area (TPSA) is 22.1 Å². The molecule has 0 aromatic carbocycles. The third kappa shape index (κ3) is 5.45. The van der Waals surface area contributed by atoms with Crippen molar-refractivity contribution in [3.05, 3.63) is 22.8 Å². The van der Waals surface area contributed by atoms with E-state index in [1.54, 1.807) is 12.3 Å². The smallest absolute Gasteiger partial charge is 0.232 e. The molecule has 1 aromatic heterocycles. The summed E-state index contributed by atoms with van der Waals surface area (Å²) >= 11 is 11.8. The van der Waals surface area contributed by atoms with Crippen molar-refractivity contribution >= 4 is 23.2 Å². The number of halogens is 2. The molecular formula is C14H21Cl2NO. The summed E-state index contributed by atoms with van der Waals surface area (Å²) in [5.41, 5.74) is 0.907. The molecule has 0 amide bonds. The average Bonchev–Trinajstić information content (AvgIpc) is 2.37. The third-order valence-corrected chi connectivity index (χ3v) is 3.37. The first kappa shape index (κ1) is 15.6. The molecule has 18 heavy (non-hydrogen) atoms. The zero-order valence-corrected chi connectivity index (χ0v) is 12.6. The van der Waals surface area contributed by atoms with E-state index in [2.05, 4.69) is 18.8 Å². The zero-order chi connectivity index (χ0) is 13.4. The van der Waals surface area contributed by atoms with Gasteiger partial charge in [-0.2, -0.15) is 0 Å². The van der Waals surface area contributed by atoms with Crippen molar-refractivity contribution in [1.82, 2.24) is 4.98 Å². The summed E-state index contributed by atoms with van der Waals surface area (Å²) in [6, 6.07) is 1.81. The molecule has 0 radical (unpaired) electrons. The number of hydrogen-bond donors (Lipinski definition) is 0. The van der Waals surface area contributed by atoms with Gasteiger partial charge < -0.3 is 4.74 Å². The molecule has 0 N–H and O–H groups in total. The van der Waals surface area contributed by atoms with E-state index in [1.807, 2.05) is 0 Å². The second kappa shape index (κ2) is 8.60. The van der Waals surface area contributed by atoms with E-state index in [1.165, 1.54) is 25.7 Å². The molecule has 0 aliphatic rings. The van der Waals surface area contributed by atoms with Gasteiger partial charge in [0.15, 0.2) is 0 Å². The fourth-order valence-corrected chi connectivity index (χ4v) is 2.11. The van der Waals surface area contributed by atoms with Gasteiger partial charge in [0.25, 0.3) is 0 Å². The number of nitrogens with zero attached hydrogens (tertiary/aromatic N) is 1. The Kier molecular flexibility index (Phi) is 7.45. The predicted molar refractivity (Wildman–Crippen MR) is 77.7 cm³/mol. The van der Waals surface area contributed by atoms with Gasteiger partial charge >= 0.3 is 0 Å². The van der Waals surface area contributed by atoms with Crippen LogP contribution in [0.1, 0.15) is 51.5 Å². The zero-order valence-electron chi connectivity index (χ0n) is 11.1. The molecule has 0 aliphatic heterocycles. The Morgan fingerprint density at radius 2 is 2.11 bits per heavy atom. The van der Waals surface area contributed by atoms with Crippen molar-refractivity contribution in [1.29, 1.82) is 0 Å². The Labute approximate surface area is 120 Å². The maximum atomic E-state index is 6.09. The SMILES string of the molecule is CCCCCCC(C)Oc1ncc(CCl)cc1Cl. The molecule has 1 atom stereocenters. The fraction of sp³-hybridized carbons (Fsp3) is 0.643. The van der Waals surface area contributed by atoms with Crippen molar-refractivity contribution in [3.63, 3.8) is 0 Å². The summed E-state index contributed by atoms with van der Waals surface area (Å²) in [5, 5.41) is 0.536. The lowest BCUT2D eigenvalue weighted by Gasteiger charge is -2.14. The molecule has 102 valence electrons. The standard InChI is InChI=1S/C14H21Cl2NO/c1-3-4-5-6-7-11(2)18-14-13(16)8-12(9-15)10-17-14/h8,10-11H,3-7,9H2,1-2H3. The Balaban J connectivity index is 2.41. The van der Waals surface area contributed by atoms with Crippen LogP contribution < -0.4 is 4.74 Å². The van der Waals surface area contributed by atoms with Gasteiger partial charge in [-0.1, -0.05) is 37.8 Å². The molecule has 0 fully saturated rings. The molecule has 1 rings (SSSR count). The molecule has 0 aliphatic carbocycles. The minimum absolute atomic E-state index is 0.147. The molecule has 0 saturated carbocycles. The number of aromatic nitrogens is 1.